The van der Waals surface area contributed by atoms with Gasteiger partial charge in [0, 0.05) is 6.04 Å². The van der Waals surface area contributed by atoms with Crippen LogP contribution in [0.3, 0.4) is 0 Å². The molecule has 14 heavy (non-hydrogen) atoms. The van der Waals surface area contributed by atoms with Gasteiger partial charge < -0.3 is 10.6 Å². The van der Waals surface area contributed by atoms with E-state index in [-0.39, 0.29) is 0 Å². The second-order valence-corrected chi connectivity index (χ2v) is 4.35. The average molecular weight is 200 g/mol. The predicted octanol–water partition coefficient (Wildman–Crippen LogP) is 2.40. The first kappa shape index (κ1) is 13.9. The Morgan fingerprint density at radius 2 is 1.64 bits per heavy atom. The van der Waals surface area contributed by atoms with E-state index < -0.39 is 0 Å². The number of hydrogen-bond donors (Lipinski definition) is 2. The number of rotatable bonds is 9. The van der Waals surface area contributed by atoms with Crippen molar-refractivity contribution in [3.05, 3.63) is 0 Å². The van der Waals surface area contributed by atoms with Gasteiger partial charge in [-0.1, -0.05) is 40.5 Å². The van der Waals surface area contributed by atoms with Gasteiger partial charge in [-0.05, 0) is 32.0 Å². The summed E-state index contributed by atoms with van der Waals surface area (Å²) in [6, 6.07) is 0.619. The molecule has 0 rings (SSSR count). The van der Waals surface area contributed by atoms with Crippen molar-refractivity contribution in [3.63, 3.8) is 0 Å². The van der Waals surface area contributed by atoms with E-state index in [9.17, 15) is 0 Å². The van der Waals surface area contributed by atoms with Crippen molar-refractivity contribution in [1.82, 2.24) is 10.6 Å². The minimum atomic E-state index is 0.619. The first-order valence-corrected chi connectivity index (χ1v) is 6.14. The van der Waals surface area contributed by atoms with Crippen LogP contribution in [0.2, 0.25) is 0 Å². The lowest BCUT2D eigenvalue weighted by Gasteiger charge is -2.13. The molecule has 0 aromatic carbocycles. The first-order chi connectivity index (χ1) is 6.70. The molecule has 0 amide bonds. The largest absolute Gasteiger partial charge is 0.316 e. The molecule has 0 aliphatic carbocycles. The predicted molar refractivity (Wildman–Crippen MR) is 64.7 cm³/mol. The molecule has 0 unspecified atom stereocenters. The van der Waals surface area contributed by atoms with E-state index in [4.69, 9.17) is 0 Å². The van der Waals surface area contributed by atoms with Gasteiger partial charge in [-0.3, -0.25) is 0 Å². The molecule has 0 aliphatic rings. The summed E-state index contributed by atoms with van der Waals surface area (Å²) in [5.74, 6) is 0.869. The summed E-state index contributed by atoms with van der Waals surface area (Å²) >= 11 is 0. The maximum absolute atomic E-state index is 3.52. The third-order valence-corrected chi connectivity index (χ3v) is 2.67. The monoisotopic (exact) mass is 200 g/mol. The molecule has 0 spiro atoms. The fourth-order valence-corrected chi connectivity index (χ4v) is 1.49. The van der Waals surface area contributed by atoms with Gasteiger partial charge in [-0.25, -0.2) is 0 Å². The number of nitrogens with one attached hydrogen (secondary N) is 2. The first-order valence-electron chi connectivity index (χ1n) is 6.14. The lowest BCUT2D eigenvalue weighted by atomic mass is 10.0. The van der Waals surface area contributed by atoms with Gasteiger partial charge >= 0.3 is 0 Å². The molecular formula is C12H28N2. The van der Waals surface area contributed by atoms with E-state index in [0.717, 1.165) is 19.0 Å². The van der Waals surface area contributed by atoms with Crippen LogP contribution >= 0.6 is 0 Å². The quantitative estimate of drug-likeness (QED) is 0.559. The Balaban J connectivity index is 3.12. The molecule has 0 saturated heterocycles. The second-order valence-electron chi connectivity index (χ2n) is 4.35. The van der Waals surface area contributed by atoms with Crippen LogP contribution in [0.4, 0.5) is 0 Å². The van der Waals surface area contributed by atoms with Gasteiger partial charge in [0.15, 0.2) is 0 Å². The van der Waals surface area contributed by atoms with E-state index >= 15 is 0 Å². The Morgan fingerprint density at radius 1 is 1.00 bits per heavy atom. The van der Waals surface area contributed by atoms with Gasteiger partial charge in [0.2, 0.25) is 0 Å². The Bertz CT molecular complexity index is 109. The molecule has 0 aromatic rings. The molecule has 2 heteroatoms. The molecule has 0 heterocycles. The van der Waals surface area contributed by atoms with Gasteiger partial charge in [0.1, 0.15) is 0 Å². The molecule has 0 bridgehead atoms. The van der Waals surface area contributed by atoms with E-state index in [1.165, 1.54) is 25.8 Å². The fourth-order valence-electron chi connectivity index (χ4n) is 1.49. The van der Waals surface area contributed by atoms with Crippen molar-refractivity contribution in [1.29, 1.82) is 0 Å². The molecule has 0 fully saturated rings. The molecule has 2 N–H and O–H groups in total. The van der Waals surface area contributed by atoms with Crippen LogP contribution in [0.15, 0.2) is 0 Å². The van der Waals surface area contributed by atoms with Crippen molar-refractivity contribution in [3.8, 4) is 0 Å². The zero-order valence-corrected chi connectivity index (χ0v) is 10.4. The van der Waals surface area contributed by atoms with Crippen LogP contribution in [0.1, 0.15) is 47.0 Å². The highest BCUT2D eigenvalue weighted by molar-refractivity contribution is 4.60. The summed E-state index contributed by atoms with van der Waals surface area (Å²) in [7, 11) is 0. The van der Waals surface area contributed by atoms with Crippen LogP contribution in [-0.2, 0) is 0 Å². The van der Waals surface area contributed by atoms with Crippen molar-refractivity contribution in [2.24, 2.45) is 5.92 Å². The highest BCUT2D eigenvalue weighted by Crippen LogP contribution is 2.04. The van der Waals surface area contributed by atoms with Gasteiger partial charge in [-0.15, -0.1) is 0 Å². The van der Waals surface area contributed by atoms with Crippen LogP contribution < -0.4 is 10.6 Å². The molecule has 0 aliphatic heterocycles. The molecule has 0 saturated carbocycles. The fraction of sp³-hybridized carbons (Fsp3) is 1.00. The highest BCUT2D eigenvalue weighted by atomic mass is 14.9. The zero-order chi connectivity index (χ0) is 10.8. The summed E-state index contributed by atoms with van der Waals surface area (Å²) in [5, 5.41) is 6.94. The SMILES string of the molecule is CCC(CC)CNCCCNC(C)C. The average Bonchev–Trinajstić information content (AvgIpc) is 2.16. The normalized spacial score (nSPS) is 11.6. The van der Waals surface area contributed by atoms with Crippen LogP contribution in [0, 0.1) is 5.92 Å². The summed E-state index contributed by atoms with van der Waals surface area (Å²) in [5.41, 5.74) is 0. The molecule has 0 aromatic heterocycles. The van der Waals surface area contributed by atoms with Crippen molar-refractivity contribution >= 4 is 0 Å². The van der Waals surface area contributed by atoms with Crippen molar-refractivity contribution in [2.75, 3.05) is 19.6 Å². The molecule has 0 radical (unpaired) electrons. The molecular weight excluding hydrogens is 172 g/mol. The van der Waals surface area contributed by atoms with Crippen molar-refractivity contribution < 1.29 is 0 Å². The Labute approximate surface area is 89.9 Å². The van der Waals surface area contributed by atoms with Crippen LogP contribution in [0.25, 0.3) is 0 Å². The molecule has 0 atom stereocenters. The van der Waals surface area contributed by atoms with E-state index in [0.29, 0.717) is 6.04 Å². The zero-order valence-electron chi connectivity index (χ0n) is 10.4. The lowest BCUT2D eigenvalue weighted by molar-refractivity contribution is 0.443. The molecule has 86 valence electrons. The van der Waals surface area contributed by atoms with Crippen molar-refractivity contribution in [2.45, 2.75) is 53.0 Å². The summed E-state index contributed by atoms with van der Waals surface area (Å²) in [4.78, 5) is 0. The third-order valence-electron chi connectivity index (χ3n) is 2.67. The summed E-state index contributed by atoms with van der Waals surface area (Å²) < 4.78 is 0. The Kier molecular flexibility index (Phi) is 9.42. The number of hydrogen-bond acceptors (Lipinski definition) is 2. The van der Waals surface area contributed by atoms with E-state index in [1.54, 1.807) is 0 Å². The summed E-state index contributed by atoms with van der Waals surface area (Å²) in [6.07, 6.45) is 3.83. The van der Waals surface area contributed by atoms with E-state index in [2.05, 4.69) is 38.3 Å². The topological polar surface area (TPSA) is 24.1 Å². The van der Waals surface area contributed by atoms with Crippen LogP contribution in [0.5, 0.6) is 0 Å². The van der Waals surface area contributed by atoms with Gasteiger partial charge in [0.25, 0.3) is 0 Å². The second kappa shape index (κ2) is 9.47. The van der Waals surface area contributed by atoms with Gasteiger partial charge in [0.05, 0.1) is 0 Å². The third kappa shape index (κ3) is 8.52. The minimum absolute atomic E-state index is 0.619. The Hall–Kier alpha value is -0.0800. The maximum atomic E-state index is 3.52. The van der Waals surface area contributed by atoms with E-state index in [1.807, 2.05) is 0 Å². The summed E-state index contributed by atoms with van der Waals surface area (Å²) in [6.45, 7) is 12.4. The minimum Gasteiger partial charge on any atom is -0.316 e. The highest BCUT2D eigenvalue weighted by Gasteiger charge is 2.01. The smallest absolute Gasteiger partial charge is 0.00103 e. The Morgan fingerprint density at radius 3 is 2.14 bits per heavy atom. The molecule has 2 nitrogen and oxygen atoms in total. The lowest BCUT2D eigenvalue weighted by Crippen LogP contribution is -2.28. The van der Waals surface area contributed by atoms with Crippen LogP contribution in [-0.4, -0.2) is 25.7 Å². The van der Waals surface area contributed by atoms with Gasteiger partial charge in [-0.2, -0.15) is 0 Å². The maximum Gasteiger partial charge on any atom is 0.00103 e. The standard InChI is InChI=1S/C12H28N2/c1-5-12(6-2)10-13-8-7-9-14-11(3)4/h11-14H,5-10H2,1-4H3.